The fraction of sp³-hybridized carbons (Fsp3) is 0.421. The second-order valence-electron chi connectivity index (χ2n) is 7.26. The van der Waals surface area contributed by atoms with Crippen LogP contribution in [0.5, 0.6) is 5.75 Å². The summed E-state index contributed by atoms with van der Waals surface area (Å²) in [6.45, 7) is 2.96. The maximum absolute atomic E-state index is 14.4. The van der Waals surface area contributed by atoms with E-state index in [1.807, 2.05) is 0 Å². The average Bonchev–Trinajstić information content (AvgIpc) is 2.61. The van der Waals surface area contributed by atoms with Crippen molar-refractivity contribution < 1.29 is 21.9 Å². The van der Waals surface area contributed by atoms with Crippen LogP contribution >= 0.6 is 0 Å². The number of sulfone groups is 1. The van der Waals surface area contributed by atoms with Crippen molar-refractivity contribution in [3.05, 3.63) is 53.9 Å². The Balaban J connectivity index is 2.14. The molecule has 3 rings (SSSR count). The standard InChI is InChI=1S/C19H22F2N2O3S/c1-18(15-10-13(20)7-8-16(15)21)11-27(24,25)19(2,17(22)23-18)12-5-4-6-14(9-12)26-3/h4-10,15-16H,11H2,1-3H3,(H2,22,23)/t15?,16?,18-,19+/m0/s1. The van der Waals surface area contributed by atoms with Gasteiger partial charge in [-0.05, 0) is 49.8 Å². The molecule has 5 nitrogen and oxygen atoms in total. The smallest absolute Gasteiger partial charge is 0.169 e. The summed E-state index contributed by atoms with van der Waals surface area (Å²) in [4.78, 5) is 4.39. The summed E-state index contributed by atoms with van der Waals surface area (Å²) in [5.41, 5.74) is 5.15. The Labute approximate surface area is 157 Å². The van der Waals surface area contributed by atoms with Gasteiger partial charge in [0.15, 0.2) is 14.6 Å². The third-order valence-electron chi connectivity index (χ3n) is 5.43. The molecule has 0 bridgehead atoms. The lowest BCUT2D eigenvalue weighted by atomic mass is 9.81. The number of halogens is 2. The second-order valence-corrected chi connectivity index (χ2v) is 9.59. The molecule has 0 saturated carbocycles. The molecule has 27 heavy (non-hydrogen) atoms. The summed E-state index contributed by atoms with van der Waals surface area (Å²) < 4.78 is 58.3. The quantitative estimate of drug-likeness (QED) is 0.852. The van der Waals surface area contributed by atoms with Crippen LogP contribution in [0.4, 0.5) is 8.78 Å². The number of nitrogens with two attached hydrogens (primary N) is 1. The zero-order chi connectivity index (χ0) is 20.0. The SMILES string of the molecule is COc1cccc([C@]2(C)C(N)=N[C@](C)(C3C=C(F)C=CC3F)CS2(=O)=O)c1. The molecule has 0 spiro atoms. The summed E-state index contributed by atoms with van der Waals surface area (Å²) in [5.74, 6) is -1.82. The zero-order valence-corrected chi connectivity index (χ0v) is 16.1. The number of hydrogen-bond donors (Lipinski definition) is 1. The summed E-state index contributed by atoms with van der Waals surface area (Å²) in [5, 5.41) is 0. The largest absolute Gasteiger partial charge is 0.497 e. The van der Waals surface area contributed by atoms with Crippen LogP contribution in [0.25, 0.3) is 0 Å². The van der Waals surface area contributed by atoms with E-state index in [4.69, 9.17) is 10.5 Å². The molecule has 0 aromatic heterocycles. The number of hydrogen-bond acceptors (Lipinski definition) is 5. The number of amidine groups is 1. The van der Waals surface area contributed by atoms with Crippen LogP contribution in [0, 0.1) is 5.92 Å². The van der Waals surface area contributed by atoms with Crippen molar-refractivity contribution in [3.63, 3.8) is 0 Å². The molecule has 146 valence electrons. The van der Waals surface area contributed by atoms with Crippen LogP contribution in [0.3, 0.4) is 0 Å². The number of nitrogens with zero attached hydrogens (tertiary/aromatic N) is 1. The van der Waals surface area contributed by atoms with Gasteiger partial charge in [0.25, 0.3) is 0 Å². The molecule has 2 aliphatic rings. The minimum Gasteiger partial charge on any atom is -0.497 e. The van der Waals surface area contributed by atoms with Gasteiger partial charge in [-0.3, -0.25) is 4.99 Å². The van der Waals surface area contributed by atoms with Gasteiger partial charge in [-0.15, -0.1) is 0 Å². The Hall–Kier alpha value is -2.22. The van der Waals surface area contributed by atoms with Gasteiger partial charge < -0.3 is 10.5 Å². The molecule has 0 saturated heterocycles. The second kappa shape index (κ2) is 6.44. The minimum atomic E-state index is -3.90. The van der Waals surface area contributed by atoms with E-state index in [2.05, 4.69) is 4.99 Å². The molecule has 1 aromatic carbocycles. The van der Waals surface area contributed by atoms with Gasteiger partial charge in [0.1, 0.15) is 23.6 Å². The van der Waals surface area contributed by atoms with Gasteiger partial charge in [-0.2, -0.15) is 0 Å². The van der Waals surface area contributed by atoms with Crippen LogP contribution in [0.2, 0.25) is 0 Å². The van der Waals surface area contributed by atoms with E-state index in [-0.39, 0.29) is 5.84 Å². The van der Waals surface area contributed by atoms with Crippen molar-refractivity contribution in [2.45, 2.75) is 30.3 Å². The van der Waals surface area contributed by atoms with Crippen LogP contribution in [0.15, 0.2) is 53.3 Å². The molecule has 2 N–H and O–H groups in total. The maximum Gasteiger partial charge on any atom is 0.169 e. The maximum atomic E-state index is 14.4. The molecule has 4 atom stereocenters. The summed E-state index contributed by atoms with van der Waals surface area (Å²) in [7, 11) is -2.43. The molecule has 1 aromatic rings. The van der Waals surface area contributed by atoms with E-state index in [9.17, 15) is 17.2 Å². The monoisotopic (exact) mass is 396 g/mol. The number of methoxy groups -OCH3 is 1. The lowest BCUT2D eigenvalue weighted by Crippen LogP contribution is -2.58. The zero-order valence-electron chi connectivity index (χ0n) is 15.3. The molecule has 8 heteroatoms. The van der Waals surface area contributed by atoms with Crippen LogP contribution in [-0.2, 0) is 14.6 Å². The van der Waals surface area contributed by atoms with Gasteiger partial charge in [-0.1, -0.05) is 12.1 Å². The van der Waals surface area contributed by atoms with Crippen molar-refractivity contribution in [2.75, 3.05) is 12.9 Å². The third-order valence-corrected chi connectivity index (χ3v) is 8.08. The highest BCUT2D eigenvalue weighted by atomic mass is 32.2. The van der Waals surface area contributed by atoms with Gasteiger partial charge in [0.2, 0.25) is 0 Å². The Morgan fingerprint density at radius 3 is 2.67 bits per heavy atom. The summed E-state index contributed by atoms with van der Waals surface area (Å²) in [6.07, 6.45) is 1.61. The molecule has 0 radical (unpaired) electrons. The Kier molecular flexibility index (Phi) is 4.66. The number of rotatable bonds is 3. The molecule has 1 aliphatic heterocycles. The van der Waals surface area contributed by atoms with Crippen LogP contribution in [0.1, 0.15) is 19.4 Å². The highest BCUT2D eigenvalue weighted by Crippen LogP contribution is 2.43. The fourth-order valence-electron chi connectivity index (χ4n) is 3.67. The first-order valence-corrected chi connectivity index (χ1v) is 10.1. The van der Waals surface area contributed by atoms with E-state index in [0.717, 1.165) is 18.2 Å². The predicted octanol–water partition coefficient (Wildman–Crippen LogP) is 2.83. The lowest BCUT2D eigenvalue weighted by Gasteiger charge is -2.43. The number of benzene rings is 1. The van der Waals surface area contributed by atoms with Crippen molar-refractivity contribution in [1.29, 1.82) is 0 Å². The van der Waals surface area contributed by atoms with Gasteiger partial charge in [0.05, 0.1) is 18.4 Å². The summed E-state index contributed by atoms with van der Waals surface area (Å²) in [6, 6.07) is 6.57. The lowest BCUT2D eigenvalue weighted by molar-refractivity contribution is 0.233. The number of ether oxygens (including phenoxy) is 1. The molecule has 1 aliphatic carbocycles. The van der Waals surface area contributed by atoms with Crippen LogP contribution < -0.4 is 10.5 Å². The van der Waals surface area contributed by atoms with Gasteiger partial charge in [0, 0.05) is 5.92 Å². The molecule has 0 fully saturated rings. The Morgan fingerprint density at radius 2 is 2.04 bits per heavy atom. The van der Waals surface area contributed by atoms with Gasteiger partial charge >= 0.3 is 0 Å². The first-order chi connectivity index (χ1) is 12.5. The van der Waals surface area contributed by atoms with Crippen molar-refractivity contribution in [1.82, 2.24) is 0 Å². The van der Waals surface area contributed by atoms with E-state index in [0.29, 0.717) is 11.3 Å². The molecular weight excluding hydrogens is 374 g/mol. The average molecular weight is 396 g/mol. The predicted molar refractivity (Wildman–Crippen MR) is 101 cm³/mol. The third kappa shape index (κ3) is 3.05. The normalized spacial score (nSPS) is 35.3. The number of allylic oxidation sites excluding steroid dienone is 3. The molecule has 2 unspecified atom stereocenters. The Morgan fingerprint density at radius 1 is 1.33 bits per heavy atom. The van der Waals surface area contributed by atoms with Crippen molar-refractivity contribution in [2.24, 2.45) is 16.6 Å². The summed E-state index contributed by atoms with van der Waals surface area (Å²) >= 11 is 0. The number of aliphatic imine (C=N–C) groups is 1. The van der Waals surface area contributed by atoms with Crippen LogP contribution in [-0.4, -0.2) is 38.8 Å². The minimum absolute atomic E-state index is 0.153. The first kappa shape index (κ1) is 19.5. The van der Waals surface area contributed by atoms with Crippen molar-refractivity contribution >= 4 is 15.7 Å². The number of alkyl halides is 1. The molecular formula is C19H22F2N2O3S. The Bertz CT molecular complexity index is 957. The highest BCUT2D eigenvalue weighted by Gasteiger charge is 2.55. The first-order valence-electron chi connectivity index (χ1n) is 8.46. The van der Waals surface area contributed by atoms with E-state index < -0.39 is 43.8 Å². The van der Waals surface area contributed by atoms with E-state index in [1.165, 1.54) is 21.0 Å². The highest BCUT2D eigenvalue weighted by molar-refractivity contribution is 7.93. The van der Waals surface area contributed by atoms with Crippen molar-refractivity contribution in [3.8, 4) is 5.75 Å². The molecule has 0 amide bonds. The van der Waals surface area contributed by atoms with E-state index in [1.54, 1.807) is 24.3 Å². The molecule has 1 heterocycles. The van der Waals surface area contributed by atoms with E-state index >= 15 is 0 Å². The topological polar surface area (TPSA) is 81.8 Å². The van der Waals surface area contributed by atoms with Gasteiger partial charge in [-0.25, -0.2) is 17.2 Å². The fourth-order valence-corrected chi connectivity index (χ4v) is 5.83.